The van der Waals surface area contributed by atoms with Gasteiger partial charge in [-0.2, -0.15) is 0 Å². The minimum absolute atomic E-state index is 0. The van der Waals surface area contributed by atoms with Gasteiger partial charge in [-0.15, -0.1) is 0 Å². The van der Waals surface area contributed by atoms with E-state index in [1.165, 1.54) is 0 Å². The van der Waals surface area contributed by atoms with Crippen molar-refractivity contribution in [1.29, 1.82) is 0 Å². The van der Waals surface area contributed by atoms with E-state index in [0.29, 0.717) is 6.42 Å². The predicted molar refractivity (Wildman–Crippen MR) is 28.3 cm³/mol. The normalized spacial score (nSPS) is 7.00. The first kappa shape index (κ1) is 10.5. The summed E-state index contributed by atoms with van der Waals surface area (Å²) in [6, 6.07) is 0. The van der Waals surface area contributed by atoms with E-state index in [4.69, 9.17) is 5.11 Å². The molecule has 7 heavy (non-hydrogen) atoms. The molecular weight excluding hydrogens is 104 g/mol. The van der Waals surface area contributed by atoms with E-state index in [-0.39, 0.29) is 29.6 Å². The van der Waals surface area contributed by atoms with E-state index >= 15 is 0 Å². The van der Waals surface area contributed by atoms with Crippen LogP contribution in [-0.2, 0) is 4.79 Å². The monoisotopic (exact) mass is 112 g/mol. The van der Waals surface area contributed by atoms with Crippen molar-refractivity contribution >= 4 is 35.5 Å². The van der Waals surface area contributed by atoms with E-state index in [1.54, 1.807) is 0 Å². The van der Waals surface area contributed by atoms with Crippen LogP contribution in [0.3, 0.4) is 0 Å². The Labute approximate surface area is 65.2 Å². The van der Waals surface area contributed by atoms with Crippen LogP contribution in [0, 0.1) is 0 Å². The molecule has 0 saturated heterocycles. The minimum atomic E-state index is -0.711. The second-order valence-electron chi connectivity index (χ2n) is 1.14. The number of hydrogen-bond donors (Lipinski definition) is 1. The number of carboxylic acids is 1. The van der Waals surface area contributed by atoms with Gasteiger partial charge in [-0.1, -0.05) is 6.92 Å². The molecule has 1 N–H and O–H groups in total. The number of rotatable bonds is 2. The van der Waals surface area contributed by atoms with Gasteiger partial charge in [0.2, 0.25) is 0 Å². The smallest absolute Gasteiger partial charge is 0.303 e. The summed E-state index contributed by atoms with van der Waals surface area (Å²) in [5, 5.41) is 7.91. The van der Waals surface area contributed by atoms with Crippen LogP contribution in [0.4, 0.5) is 0 Å². The van der Waals surface area contributed by atoms with Crippen molar-refractivity contribution in [3.05, 3.63) is 0 Å². The molecule has 0 aromatic rings. The Balaban J connectivity index is 0. The molecular formula is C4H8NaO2. The molecule has 37 valence electrons. The van der Waals surface area contributed by atoms with E-state index in [2.05, 4.69) is 0 Å². The Kier molecular flexibility index (Phi) is 9.66. The maximum atomic E-state index is 9.60. The van der Waals surface area contributed by atoms with Gasteiger partial charge in [0.05, 0.1) is 0 Å². The van der Waals surface area contributed by atoms with Crippen molar-refractivity contribution in [3.8, 4) is 0 Å². The summed E-state index contributed by atoms with van der Waals surface area (Å²) in [6.07, 6.45) is 1.02. The zero-order valence-electron chi connectivity index (χ0n) is 4.77. The summed E-state index contributed by atoms with van der Waals surface area (Å²) in [7, 11) is 0. The van der Waals surface area contributed by atoms with Crippen LogP contribution in [0.5, 0.6) is 0 Å². The molecule has 3 heteroatoms. The Bertz CT molecular complexity index is 53.7. The van der Waals surface area contributed by atoms with Crippen LogP contribution in [0.1, 0.15) is 19.8 Å². The topological polar surface area (TPSA) is 37.3 Å². The van der Waals surface area contributed by atoms with Crippen molar-refractivity contribution in [2.45, 2.75) is 19.8 Å². The molecule has 0 aliphatic heterocycles. The SMILES string of the molecule is CCC[13C](=O)O.[Na]. The Morgan fingerprint density at radius 3 is 2.14 bits per heavy atom. The summed E-state index contributed by atoms with van der Waals surface area (Å²) in [5.74, 6) is -0.711. The van der Waals surface area contributed by atoms with Crippen LogP contribution in [0.15, 0.2) is 0 Å². The second-order valence-corrected chi connectivity index (χ2v) is 1.14. The molecule has 1 radical (unpaired) electrons. The average molecular weight is 112 g/mol. The molecule has 2 nitrogen and oxygen atoms in total. The predicted octanol–water partition coefficient (Wildman–Crippen LogP) is 0.490. The summed E-state index contributed by atoms with van der Waals surface area (Å²) >= 11 is 0. The second kappa shape index (κ2) is 6.47. The first-order valence-corrected chi connectivity index (χ1v) is 1.99. The zero-order chi connectivity index (χ0) is 4.99. The van der Waals surface area contributed by atoms with Gasteiger partial charge in [-0.3, -0.25) is 4.79 Å². The molecule has 0 atom stereocenters. The average Bonchev–Trinajstić information content (AvgIpc) is 1.35. The van der Waals surface area contributed by atoms with Gasteiger partial charge in [0.1, 0.15) is 0 Å². The van der Waals surface area contributed by atoms with Crippen LogP contribution in [0.2, 0.25) is 0 Å². The van der Waals surface area contributed by atoms with E-state index < -0.39 is 5.97 Å². The quantitative estimate of drug-likeness (QED) is 0.417. The van der Waals surface area contributed by atoms with Crippen LogP contribution < -0.4 is 0 Å². The third-order valence-electron chi connectivity index (χ3n) is 0.464. The van der Waals surface area contributed by atoms with Gasteiger partial charge in [-0.05, 0) is 6.42 Å². The third kappa shape index (κ3) is 10.7. The summed E-state index contributed by atoms with van der Waals surface area (Å²) < 4.78 is 0. The van der Waals surface area contributed by atoms with E-state index in [9.17, 15) is 4.79 Å². The summed E-state index contributed by atoms with van der Waals surface area (Å²) in [5.41, 5.74) is 0. The molecule has 0 aromatic carbocycles. The zero-order valence-corrected chi connectivity index (χ0v) is 6.77. The number of carboxylic acid groups (broad SMARTS) is 1. The maximum absolute atomic E-state index is 9.60. The van der Waals surface area contributed by atoms with Crippen molar-refractivity contribution in [3.63, 3.8) is 0 Å². The van der Waals surface area contributed by atoms with Crippen LogP contribution >= 0.6 is 0 Å². The molecule has 0 saturated carbocycles. The molecule has 0 unspecified atom stereocenters. The van der Waals surface area contributed by atoms with E-state index in [1.807, 2.05) is 6.92 Å². The van der Waals surface area contributed by atoms with Gasteiger partial charge in [0, 0.05) is 36.0 Å². The van der Waals surface area contributed by atoms with Gasteiger partial charge in [0.15, 0.2) is 0 Å². The Morgan fingerprint density at radius 2 is 2.14 bits per heavy atom. The Hall–Kier alpha value is 0.470. The number of hydrogen-bond acceptors (Lipinski definition) is 1. The first-order chi connectivity index (χ1) is 2.77. The maximum Gasteiger partial charge on any atom is 0.303 e. The largest absolute Gasteiger partial charge is 0.481 e. The molecule has 0 aliphatic rings. The fourth-order valence-corrected chi connectivity index (χ4v) is 0.214. The third-order valence-corrected chi connectivity index (χ3v) is 0.464. The minimum Gasteiger partial charge on any atom is -0.481 e. The van der Waals surface area contributed by atoms with Gasteiger partial charge in [-0.25, -0.2) is 0 Å². The van der Waals surface area contributed by atoms with Gasteiger partial charge in [0.25, 0.3) is 0 Å². The molecule has 0 rings (SSSR count). The van der Waals surface area contributed by atoms with Crippen molar-refractivity contribution < 1.29 is 9.90 Å². The molecule has 0 aliphatic carbocycles. The van der Waals surface area contributed by atoms with Crippen molar-refractivity contribution in [2.75, 3.05) is 0 Å². The van der Waals surface area contributed by atoms with Gasteiger partial charge >= 0.3 is 5.97 Å². The van der Waals surface area contributed by atoms with E-state index in [0.717, 1.165) is 6.42 Å². The van der Waals surface area contributed by atoms with Crippen molar-refractivity contribution in [2.24, 2.45) is 0 Å². The first-order valence-electron chi connectivity index (χ1n) is 1.99. The van der Waals surface area contributed by atoms with Gasteiger partial charge < -0.3 is 5.11 Å². The molecule has 0 heterocycles. The fraction of sp³-hybridized carbons (Fsp3) is 0.750. The fourth-order valence-electron chi connectivity index (χ4n) is 0.214. The van der Waals surface area contributed by atoms with Crippen LogP contribution in [-0.4, -0.2) is 40.6 Å². The Morgan fingerprint density at radius 1 is 1.71 bits per heavy atom. The number of aliphatic carboxylic acids is 1. The standard InChI is InChI=1S/C4H8O2.Na/c1-2-3-4(5)6;/h2-3H2,1H3,(H,5,6);/i4+1;. The molecule has 0 bridgehead atoms. The number of carbonyl (C=O) groups is 1. The summed E-state index contributed by atoms with van der Waals surface area (Å²) in [6.45, 7) is 1.84. The summed E-state index contributed by atoms with van der Waals surface area (Å²) in [4.78, 5) is 9.60. The van der Waals surface area contributed by atoms with Crippen molar-refractivity contribution in [1.82, 2.24) is 0 Å². The molecule has 0 aromatic heterocycles. The van der Waals surface area contributed by atoms with Crippen LogP contribution in [0.25, 0.3) is 0 Å². The molecule has 0 amide bonds. The molecule has 0 spiro atoms. The molecule has 0 fully saturated rings.